The Morgan fingerprint density at radius 3 is 1.80 bits per heavy atom. The summed E-state index contributed by atoms with van der Waals surface area (Å²) in [6.45, 7) is 4.36. The summed E-state index contributed by atoms with van der Waals surface area (Å²) in [6.07, 6.45) is 12.0. The third kappa shape index (κ3) is 16.8. The van der Waals surface area contributed by atoms with Crippen LogP contribution in [0, 0.1) is 0 Å². The predicted octanol–water partition coefficient (Wildman–Crippen LogP) is 7.01. The first-order valence-electron chi connectivity index (χ1n) is 11.1. The lowest BCUT2D eigenvalue weighted by Gasteiger charge is -2.18. The average Bonchev–Trinajstić information content (AvgIpc) is 2.75. The quantitative estimate of drug-likeness (QED) is 0.135. The highest BCUT2D eigenvalue weighted by molar-refractivity contribution is 8.17. The zero-order valence-corrected chi connectivity index (χ0v) is 21.7. The van der Waals surface area contributed by atoms with E-state index in [9.17, 15) is 14.2 Å². The van der Waals surface area contributed by atoms with Crippen LogP contribution in [0.1, 0.15) is 90.9 Å². The van der Waals surface area contributed by atoms with Crippen molar-refractivity contribution in [1.29, 1.82) is 0 Å². The number of hydrogen-bond acceptors (Lipinski definition) is 8. The molecule has 0 spiro atoms. The molecule has 178 valence electrons. The molecule has 0 aliphatic carbocycles. The Hall–Kier alpha value is 0.150. The molecule has 0 heterocycles. The molecule has 0 radical (unpaired) electrons. The minimum absolute atomic E-state index is 0.0297. The molecule has 0 saturated carbocycles. The normalized spacial score (nSPS) is 12.8. The maximum atomic E-state index is 12.3. The first-order valence-corrected chi connectivity index (χ1v) is 14.4. The standard InChI is InChI=1S/C21H41O6PS2/c1-5-7-9-11-13-15-20(22)29-18-19(17-27-28(24,25-3)26-4)30-21(23)16-14-12-10-8-6-2/h19H,5-18H2,1-4H3/t19-/m1/s1. The largest absolute Gasteiger partial charge is 0.474 e. The lowest BCUT2D eigenvalue weighted by molar-refractivity contribution is -0.112. The number of thioether (sulfide) groups is 2. The minimum atomic E-state index is -3.61. The van der Waals surface area contributed by atoms with Crippen molar-refractivity contribution in [3.05, 3.63) is 0 Å². The van der Waals surface area contributed by atoms with Crippen molar-refractivity contribution in [1.82, 2.24) is 0 Å². The summed E-state index contributed by atoms with van der Waals surface area (Å²) in [5, 5.41) is -0.0658. The van der Waals surface area contributed by atoms with E-state index in [-0.39, 0.29) is 22.1 Å². The smallest absolute Gasteiger partial charge is 0.290 e. The fraction of sp³-hybridized carbons (Fsp3) is 0.905. The van der Waals surface area contributed by atoms with Crippen LogP contribution in [0.5, 0.6) is 0 Å². The van der Waals surface area contributed by atoms with E-state index in [4.69, 9.17) is 13.6 Å². The monoisotopic (exact) mass is 484 g/mol. The molecular weight excluding hydrogens is 443 g/mol. The van der Waals surface area contributed by atoms with E-state index in [0.29, 0.717) is 18.6 Å². The lowest BCUT2D eigenvalue weighted by atomic mass is 10.1. The van der Waals surface area contributed by atoms with Gasteiger partial charge in [0.05, 0.1) is 6.61 Å². The number of carbonyl (C=O) groups is 2. The number of phosphoric ester groups is 1. The fourth-order valence-electron chi connectivity index (χ4n) is 2.72. The maximum Gasteiger partial charge on any atom is 0.474 e. The topological polar surface area (TPSA) is 78.9 Å². The van der Waals surface area contributed by atoms with Gasteiger partial charge in [-0.1, -0.05) is 88.7 Å². The Balaban J connectivity index is 4.47. The van der Waals surface area contributed by atoms with Gasteiger partial charge in [0.2, 0.25) is 0 Å². The van der Waals surface area contributed by atoms with E-state index in [0.717, 1.165) is 38.5 Å². The highest BCUT2D eigenvalue weighted by atomic mass is 32.2. The van der Waals surface area contributed by atoms with Gasteiger partial charge in [-0.3, -0.25) is 23.2 Å². The molecule has 0 aliphatic heterocycles. The summed E-state index contributed by atoms with van der Waals surface area (Å²) in [6, 6.07) is 0. The van der Waals surface area contributed by atoms with Gasteiger partial charge in [0, 0.05) is 38.1 Å². The van der Waals surface area contributed by atoms with E-state index in [1.165, 1.54) is 63.4 Å². The van der Waals surface area contributed by atoms with Gasteiger partial charge in [-0.15, -0.1) is 0 Å². The molecule has 6 nitrogen and oxygen atoms in total. The van der Waals surface area contributed by atoms with Gasteiger partial charge >= 0.3 is 7.82 Å². The van der Waals surface area contributed by atoms with Gasteiger partial charge in [0.25, 0.3) is 0 Å². The third-order valence-electron chi connectivity index (χ3n) is 4.56. The molecule has 0 bridgehead atoms. The van der Waals surface area contributed by atoms with Gasteiger partial charge in [0.1, 0.15) is 0 Å². The van der Waals surface area contributed by atoms with Crippen LogP contribution in [-0.4, -0.2) is 42.1 Å². The molecule has 0 fully saturated rings. The van der Waals surface area contributed by atoms with Gasteiger partial charge in [0.15, 0.2) is 10.2 Å². The Morgan fingerprint density at radius 2 is 1.30 bits per heavy atom. The molecule has 0 unspecified atom stereocenters. The highest BCUT2D eigenvalue weighted by Gasteiger charge is 2.26. The van der Waals surface area contributed by atoms with Crippen molar-refractivity contribution in [2.75, 3.05) is 26.6 Å². The highest BCUT2D eigenvalue weighted by Crippen LogP contribution is 2.48. The van der Waals surface area contributed by atoms with Crippen molar-refractivity contribution >= 4 is 41.6 Å². The van der Waals surface area contributed by atoms with Crippen molar-refractivity contribution in [2.24, 2.45) is 0 Å². The van der Waals surface area contributed by atoms with Crippen molar-refractivity contribution in [3.63, 3.8) is 0 Å². The number of carbonyl (C=O) groups excluding carboxylic acids is 2. The fourth-order valence-corrected chi connectivity index (χ4v) is 5.55. The molecule has 1 atom stereocenters. The number of rotatable bonds is 20. The number of unbranched alkanes of at least 4 members (excludes halogenated alkanes) is 8. The summed E-state index contributed by atoms with van der Waals surface area (Å²) < 4.78 is 27.1. The Labute approximate surface area is 191 Å². The van der Waals surface area contributed by atoms with Crippen LogP contribution < -0.4 is 0 Å². The lowest BCUT2D eigenvalue weighted by Crippen LogP contribution is -2.18. The maximum absolute atomic E-state index is 12.3. The van der Waals surface area contributed by atoms with Crippen LogP contribution in [0.3, 0.4) is 0 Å². The van der Waals surface area contributed by atoms with Gasteiger partial charge in [-0.25, -0.2) is 4.57 Å². The molecule has 0 aromatic heterocycles. The zero-order chi connectivity index (χ0) is 22.7. The minimum Gasteiger partial charge on any atom is -0.290 e. The summed E-state index contributed by atoms with van der Waals surface area (Å²) in [7, 11) is -1.10. The Kier molecular flexibility index (Phi) is 19.9. The summed E-state index contributed by atoms with van der Waals surface area (Å²) in [4.78, 5) is 24.5. The Bertz CT molecular complexity index is 496. The summed E-state index contributed by atoms with van der Waals surface area (Å²) in [5.74, 6) is 0.438. The zero-order valence-electron chi connectivity index (χ0n) is 19.2. The molecule has 9 heteroatoms. The van der Waals surface area contributed by atoms with Crippen molar-refractivity contribution in [2.45, 2.75) is 96.1 Å². The molecule has 0 rings (SSSR count). The predicted molar refractivity (Wildman–Crippen MR) is 128 cm³/mol. The second-order valence-electron chi connectivity index (χ2n) is 7.23. The van der Waals surface area contributed by atoms with E-state index in [1.54, 1.807) is 0 Å². The summed E-state index contributed by atoms with van der Waals surface area (Å²) >= 11 is 2.41. The third-order valence-corrected chi connectivity index (χ3v) is 8.33. The second kappa shape index (κ2) is 19.8. The Morgan fingerprint density at radius 1 is 0.800 bits per heavy atom. The molecular formula is C21H41O6PS2. The SMILES string of the molecule is CCCCCCCC(=O)SC[C@@H](COP(=O)(OC)OC)SC(=O)CCCCCCC. The average molecular weight is 485 g/mol. The molecule has 0 amide bonds. The second-order valence-corrected chi connectivity index (χ2v) is 11.5. The molecule has 30 heavy (non-hydrogen) atoms. The molecule has 0 aliphatic rings. The van der Waals surface area contributed by atoms with E-state index in [1.807, 2.05) is 0 Å². The van der Waals surface area contributed by atoms with Crippen molar-refractivity contribution < 1.29 is 27.7 Å². The van der Waals surface area contributed by atoms with Crippen molar-refractivity contribution in [3.8, 4) is 0 Å². The van der Waals surface area contributed by atoms with Crippen LogP contribution in [0.2, 0.25) is 0 Å². The van der Waals surface area contributed by atoms with Crippen LogP contribution >= 0.6 is 31.3 Å². The van der Waals surface area contributed by atoms with Crippen LogP contribution in [0.15, 0.2) is 0 Å². The molecule has 0 aromatic carbocycles. The van der Waals surface area contributed by atoms with E-state index >= 15 is 0 Å². The number of hydrogen-bond donors (Lipinski definition) is 0. The first kappa shape index (κ1) is 30.1. The van der Waals surface area contributed by atoms with Gasteiger partial charge < -0.3 is 0 Å². The summed E-state index contributed by atoms with van der Waals surface area (Å²) in [5.41, 5.74) is 0. The molecule has 0 saturated heterocycles. The van der Waals surface area contributed by atoms with E-state index in [2.05, 4.69) is 13.8 Å². The van der Waals surface area contributed by atoms with Gasteiger partial charge in [-0.2, -0.15) is 0 Å². The van der Waals surface area contributed by atoms with Gasteiger partial charge in [-0.05, 0) is 12.8 Å². The number of phosphoric acid groups is 1. The van der Waals surface area contributed by atoms with Crippen LogP contribution in [0.25, 0.3) is 0 Å². The van der Waals surface area contributed by atoms with Crippen LogP contribution in [0.4, 0.5) is 0 Å². The molecule has 0 aromatic rings. The van der Waals surface area contributed by atoms with Crippen LogP contribution in [-0.2, 0) is 27.7 Å². The molecule has 0 N–H and O–H groups in total. The first-order chi connectivity index (χ1) is 14.4. The van der Waals surface area contributed by atoms with E-state index < -0.39 is 7.82 Å².